The lowest BCUT2D eigenvalue weighted by Gasteiger charge is -2.07. The van der Waals surface area contributed by atoms with E-state index in [0.29, 0.717) is 6.07 Å². The first-order chi connectivity index (χ1) is 6.36. The number of hydrogen-bond donors (Lipinski definition) is 1. The lowest BCUT2D eigenvalue weighted by atomic mass is 10.4. The van der Waals surface area contributed by atoms with Gasteiger partial charge < -0.3 is 5.73 Å². The molecule has 1 aromatic rings. The lowest BCUT2D eigenvalue weighted by Crippen LogP contribution is -2.23. The van der Waals surface area contributed by atoms with Crippen molar-refractivity contribution in [3.05, 3.63) is 28.7 Å². The van der Waals surface area contributed by atoms with Crippen molar-refractivity contribution in [1.82, 2.24) is 9.55 Å². The van der Waals surface area contributed by atoms with Crippen molar-refractivity contribution in [1.29, 1.82) is 0 Å². The summed E-state index contributed by atoms with van der Waals surface area (Å²) in [6, 6.07) is 0.359. The van der Waals surface area contributed by atoms with Crippen LogP contribution in [0.2, 0.25) is 0 Å². The molecule has 1 rings (SSSR count). The molecule has 0 aromatic carbocycles. The molecule has 0 aliphatic rings. The maximum atomic E-state index is 12.1. The van der Waals surface area contributed by atoms with Crippen LogP contribution in [-0.4, -0.2) is 9.55 Å². The highest BCUT2D eigenvalue weighted by Crippen LogP contribution is 2.26. The van der Waals surface area contributed by atoms with Crippen LogP contribution in [0.1, 0.15) is 5.69 Å². The lowest BCUT2D eigenvalue weighted by molar-refractivity contribution is -0.141. The molecule has 0 bridgehead atoms. The van der Waals surface area contributed by atoms with Crippen LogP contribution in [0.4, 0.5) is 19.1 Å². The van der Waals surface area contributed by atoms with Gasteiger partial charge in [0, 0.05) is 12.3 Å². The average Bonchev–Trinajstić information content (AvgIpc) is 2.01. The molecule has 0 radical (unpaired) electrons. The van der Waals surface area contributed by atoms with Crippen LogP contribution >= 0.6 is 0 Å². The number of nitrogens with zero attached hydrogens (tertiary/aromatic N) is 2. The summed E-state index contributed by atoms with van der Waals surface area (Å²) in [5, 5.41) is 0. The van der Waals surface area contributed by atoms with E-state index in [1.165, 1.54) is 0 Å². The second kappa shape index (κ2) is 3.17. The second-order valence-electron chi connectivity index (χ2n) is 2.39. The van der Waals surface area contributed by atoms with Crippen LogP contribution in [-0.2, 0) is 6.18 Å². The van der Waals surface area contributed by atoms with Crippen molar-refractivity contribution in [2.75, 3.05) is 5.73 Å². The Balaban J connectivity index is 3.43. The summed E-state index contributed by atoms with van der Waals surface area (Å²) in [5.74, 6) is -0.542. The Labute approximate surface area is 76.5 Å². The van der Waals surface area contributed by atoms with Crippen LogP contribution in [0.25, 0.3) is 6.20 Å². The molecule has 0 atom stereocenters. The fraction of sp³-hybridized carbons (Fsp3) is 0.143. The Kier molecular flexibility index (Phi) is 2.33. The van der Waals surface area contributed by atoms with E-state index in [1.54, 1.807) is 0 Å². The zero-order chi connectivity index (χ0) is 10.9. The molecule has 7 heteroatoms. The minimum atomic E-state index is -4.67. The van der Waals surface area contributed by atoms with Crippen LogP contribution < -0.4 is 11.3 Å². The zero-order valence-electron chi connectivity index (χ0n) is 6.88. The van der Waals surface area contributed by atoms with Crippen molar-refractivity contribution in [2.45, 2.75) is 6.18 Å². The number of alkyl halides is 3. The molecule has 14 heavy (non-hydrogen) atoms. The largest absolute Gasteiger partial charge is 0.433 e. The SMILES string of the molecule is C=Cn1c(N)nc(C(F)(F)F)cc1=O. The number of anilines is 1. The molecule has 0 aliphatic carbocycles. The fourth-order valence-electron chi connectivity index (χ4n) is 0.838. The topological polar surface area (TPSA) is 60.9 Å². The molecule has 1 heterocycles. The molecule has 4 nitrogen and oxygen atoms in total. The highest BCUT2D eigenvalue weighted by molar-refractivity contribution is 5.33. The summed E-state index contributed by atoms with van der Waals surface area (Å²) in [5.41, 5.74) is 2.89. The Bertz CT molecular complexity index is 421. The zero-order valence-corrected chi connectivity index (χ0v) is 6.88. The van der Waals surface area contributed by atoms with Crippen molar-refractivity contribution in [3.8, 4) is 0 Å². The quantitative estimate of drug-likeness (QED) is 0.742. The van der Waals surface area contributed by atoms with E-state index in [0.717, 1.165) is 10.8 Å². The third-order valence-electron chi connectivity index (χ3n) is 1.45. The van der Waals surface area contributed by atoms with E-state index >= 15 is 0 Å². The minimum Gasteiger partial charge on any atom is -0.369 e. The molecule has 0 aliphatic heterocycles. The molecule has 76 valence electrons. The molecule has 2 N–H and O–H groups in total. The predicted molar refractivity (Wildman–Crippen MR) is 44.3 cm³/mol. The Morgan fingerprint density at radius 3 is 2.50 bits per heavy atom. The number of rotatable bonds is 1. The molecular formula is C7H6F3N3O. The van der Waals surface area contributed by atoms with E-state index in [1.807, 2.05) is 0 Å². The van der Waals surface area contributed by atoms with Gasteiger partial charge >= 0.3 is 6.18 Å². The summed E-state index contributed by atoms with van der Waals surface area (Å²) < 4.78 is 37.0. The van der Waals surface area contributed by atoms with Gasteiger partial charge in [-0.15, -0.1) is 0 Å². The van der Waals surface area contributed by atoms with Gasteiger partial charge in [0.1, 0.15) is 0 Å². The molecule has 0 amide bonds. The summed E-state index contributed by atoms with van der Waals surface area (Å²) in [4.78, 5) is 14.0. The summed E-state index contributed by atoms with van der Waals surface area (Å²) >= 11 is 0. The van der Waals surface area contributed by atoms with Crippen LogP contribution in [0, 0.1) is 0 Å². The first-order valence-corrected chi connectivity index (χ1v) is 3.45. The van der Waals surface area contributed by atoms with Crippen molar-refractivity contribution >= 4 is 12.1 Å². The van der Waals surface area contributed by atoms with Crippen molar-refractivity contribution in [2.24, 2.45) is 0 Å². The number of aromatic nitrogens is 2. The molecule has 0 fully saturated rings. The van der Waals surface area contributed by atoms with Gasteiger partial charge in [-0.3, -0.25) is 9.36 Å². The first-order valence-electron chi connectivity index (χ1n) is 3.45. The van der Waals surface area contributed by atoms with Crippen LogP contribution in [0.3, 0.4) is 0 Å². The van der Waals surface area contributed by atoms with Crippen LogP contribution in [0.15, 0.2) is 17.4 Å². The Morgan fingerprint density at radius 1 is 1.57 bits per heavy atom. The fourth-order valence-corrected chi connectivity index (χ4v) is 0.838. The molecular weight excluding hydrogens is 199 g/mol. The monoisotopic (exact) mass is 205 g/mol. The maximum absolute atomic E-state index is 12.1. The van der Waals surface area contributed by atoms with E-state index < -0.39 is 23.4 Å². The first kappa shape index (κ1) is 10.3. The summed E-state index contributed by atoms with van der Waals surface area (Å²) in [6.07, 6.45) is -3.68. The number of nitrogen functional groups attached to an aromatic ring is 1. The van der Waals surface area contributed by atoms with Gasteiger partial charge in [0.25, 0.3) is 5.56 Å². The second-order valence-corrected chi connectivity index (χ2v) is 2.39. The van der Waals surface area contributed by atoms with Gasteiger partial charge in [-0.25, -0.2) is 4.98 Å². The molecule has 0 saturated heterocycles. The van der Waals surface area contributed by atoms with Gasteiger partial charge in [-0.05, 0) is 0 Å². The minimum absolute atomic E-state index is 0.359. The summed E-state index contributed by atoms with van der Waals surface area (Å²) in [7, 11) is 0. The van der Waals surface area contributed by atoms with Gasteiger partial charge in [-0.2, -0.15) is 13.2 Å². The highest BCUT2D eigenvalue weighted by atomic mass is 19.4. The average molecular weight is 205 g/mol. The third-order valence-corrected chi connectivity index (χ3v) is 1.45. The highest BCUT2D eigenvalue weighted by Gasteiger charge is 2.33. The van der Waals surface area contributed by atoms with E-state index in [-0.39, 0.29) is 0 Å². The van der Waals surface area contributed by atoms with Gasteiger partial charge in [0.05, 0.1) is 0 Å². The number of nitrogens with two attached hydrogens (primary N) is 1. The van der Waals surface area contributed by atoms with Crippen LogP contribution in [0.5, 0.6) is 0 Å². The van der Waals surface area contributed by atoms with Gasteiger partial charge in [-0.1, -0.05) is 6.58 Å². The molecule has 0 saturated carbocycles. The standard InChI is InChI=1S/C7H6F3N3O/c1-2-13-5(14)3-4(7(8,9)10)12-6(13)11/h2-3H,1H2,(H2,11,12). The third kappa shape index (κ3) is 1.76. The van der Waals surface area contributed by atoms with Crippen molar-refractivity contribution in [3.63, 3.8) is 0 Å². The maximum Gasteiger partial charge on any atom is 0.433 e. The molecule has 0 spiro atoms. The predicted octanol–water partition coefficient (Wildman–Crippen LogP) is 0.945. The Morgan fingerprint density at radius 2 is 2.14 bits per heavy atom. The Hall–Kier alpha value is -1.79. The van der Waals surface area contributed by atoms with E-state index in [2.05, 4.69) is 11.6 Å². The molecule has 0 unspecified atom stereocenters. The normalized spacial score (nSPS) is 11.4. The number of halogens is 3. The van der Waals surface area contributed by atoms with E-state index in [4.69, 9.17) is 5.73 Å². The van der Waals surface area contributed by atoms with Crippen molar-refractivity contribution < 1.29 is 13.2 Å². The number of hydrogen-bond acceptors (Lipinski definition) is 3. The van der Waals surface area contributed by atoms with Gasteiger partial charge in [0.15, 0.2) is 5.69 Å². The summed E-state index contributed by atoms with van der Waals surface area (Å²) in [6.45, 7) is 3.21. The smallest absolute Gasteiger partial charge is 0.369 e. The van der Waals surface area contributed by atoms with E-state index in [9.17, 15) is 18.0 Å². The molecule has 1 aromatic heterocycles. The van der Waals surface area contributed by atoms with Gasteiger partial charge in [0.2, 0.25) is 5.95 Å².